The average molecular weight is 404 g/mol. The van der Waals surface area contributed by atoms with Crippen molar-refractivity contribution in [3.63, 3.8) is 0 Å². The molecule has 5 aromatic heterocycles. The predicted octanol–water partition coefficient (Wildman–Crippen LogP) is 4.94. The van der Waals surface area contributed by atoms with Crippen molar-refractivity contribution in [3.8, 4) is 39.5 Å². The summed E-state index contributed by atoms with van der Waals surface area (Å²) in [6, 6.07) is 15.7. The van der Waals surface area contributed by atoms with E-state index in [2.05, 4.69) is 42.3 Å². The van der Waals surface area contributed by atoms with Crippen molar-refractivity contribution in [2.75, 3.05) is 0 Å². The second-order valence-electron chi connectivity index (χ2n) is 7.30. The van der Waals surface area contributed by atoms with Gasteiger partial charge in [-0.2, -0.15) is 5.10 Å². The van der Waals surface area contributed by atoms with E-state index >= 15 is 0 Å². The fraction of sp³-hybridized carbons (Fsp3) is 0. The van der Waals surface area contributed by atoms with E-state index in [1.165, 1.54) is 6.20 Å². The first kappa shape index (κ1) is 17.3. The van der Waals surface area contributed by atoms with Crippen LogP contribution in [0.15, 0.2) is 79.5 Å². The largest absolute Gasteiger partial charge is 0.506 e. The summed E-state index contributed by atoms with van der Waals surface area (Å²) in [7, 11) is 0. The van der Waals surface area contributed by atoms with E-state index in [9.17, 15) is 5.11 Å². The van der Waals surface area contributed by atoms with Gasteiger partial charge in [0.2, 0.25) is 0 Å². The fourth-order valence-corrected chi connectivity index (χ4v) is 3.91. The molecule has 0 saturated heterocycles. The lowest BCUT2D eigenvalue weighted by molar-refractivity contribution is 0.473. The first-order valence-corrected chi connectivity index (χ1v) is 9.77. The zero-order chi connectivity index (χ0) is 20.8. The molecule has 1 aromatic carbocycles. The molecule has 0 unspecified atom stereocenters. The maximum atomic E-state index is 9.78. The van der Waals surface area contributed by atoms with Gasteiger partial charge < -0.3 is 10.1 Å². The van der Waals surface area contributed by atoms with E-state index in [1.807, 2.05) is 30.3 Å². The summed E-state index contributed by atoms with van der Waals surface area (Å²) < 4.78 is 0. The SMILES string of the molecule is Oc1cncc(-c2ccc3[nH]nc(-c4cc5c(-c6ccncc6)nccc5[nH]4)c3c2)c1. The highest BCUT2D eigenvalue weighted by molar-refractivity contribution is 6.00. The van der Waals surface area contributed by atoms with E-state index in [0.29, 0.717) is 0 Å². The molecule has 0 aliphatic heterocycles. The molecule has 148 valence electrons. The summed E-state index contributed by atoms with van der Waals surface area (Å²) >= 11 is 0. The Morgan fingerprint density at radius 2 is 1.55 bits per heavy atom. The number of aromatic hydroxyl groups is 1. The zero-order valence-corrected chi connectivity index (χ0v) is 16.2. The van der Waals surface area contributed by atoms with Gasteiger partial charge >= 0.3 is 0 Å². The van der Waals surface area contributed by atoms with Gasteiger partial charge in [0.15, 0.2) is 0 Å². The van der Waals surface area contributed by atoms with Gasteiger partial charge in [0.1, 0.15) is 11.4 Å². The summed E-state index contributed by atoms with van der Waals surface area (Å²) in [6.45, 7) is 0. The average Bonchev–Trinajstić information content (AvgIpc) is 3.43. The second kappa shape index (κ2) is 6.77. The maximum absolute atomic E-state index is 9.78. The number of pyridine rings is 3. The molecule has 0 radical (unpaired) electrons. The molecule has 0 spiro atoms. The molecule has 6 rings (SSSR count). The normalized spacial score (nSPS) is 11.4. The second-order valence-corrected chi connectivity index (χ2v) is 7.30. The molecule has 0 saturated carbocycles. The van der Waals surface area contributed by atoms with Gasteiger partial charge in [-0.25, -0.2) is 0 Å². The van der Waals surface area contributed by atoms with Gasteiger partial charge in [-0.05, 0) is 48.0 Å². The molecular formula is C24H16N6O. The molecule has 3 N–H and O–H groups in total. The Morgan fingerprint density at radius 3 is 2.42 bits per heavy atom. The predicted molar refractivity (Wildman–Crippen MR) is 119 cm³/mol. The van der Waals surface area contributed by atoms with Crippen LogP contribution in [0.5, 0.6) is 5.75 Å². The smallest absolute Gasteiger partial charge is 0.134 e. The van der Waals surface area contributed by atoms with E-state index in [1.54, 1.807) is 30.9 Å². The standard InChI is InChI=1S/C24H16N6O/c31-17-9-16(12-26-13-17)15-1-2-21-18(10-15)24(30-29-21)22-11-19-20(28-22)5-8-27-23(19)14-3-6-25-7-4-14/h1-13,28,31H,(H,29,30). The molecular weight excluding hydrogens is 388 g/mol. The number of benzene rings is 1. The Morgan fingerprint density at radius 1 is 0.677 bits per heavy atom. The van der Waals surface area contributed by atoms with Crippen molar-refractivity contribution in [2.24, 2.45) is 0 Å². The number of nitrogens with zero attached hydrogens (tertiary/aromatic N) is 4. The summed E-state index contributed by atoms with van der Waals surface area (Å²) in [4.78, 5) is 16.3. The molecule has 5 heterocycles. The summed E-state index contributed by atoms with van der Waals surface area (Å²) in [5, 5.41) is 19.5. The lowest BCUT2D eigenvalue weighted by Crippen LogP contribution is -1.84. The maximum Gasteiger partial charge on any atom is 0.134 e. The quantitative estimate of drug-likeness (QED) is 0.388. The minimum Gasteiger partial charge on any atom is -0.506 e. The molecule has 0 atom stereocenters. The van der Waals surface area contributed by atoms with E-state index < -0.39 is 0 Å². The third-order valence-electron chi connectivity index (χ3n) is 5.38. The van der Waals surface area contributed by atoms with Crippen LogP contribution in [0.1, 0.15) is 0 Å². The number of aromatic nitrogens is 6. The van der Waals surface area contributed by atoms with Crippen LogP contribution >= 0.6 is 0 Å². The Kier molecular flexibility index (Phi) is 3.79. The summed E-state index contributed by atoms with van der Waals surface area (Å²) in [5.74, 6) is 0.136. The van der Waals surface area contributed by atoms with Crippen molar-refractivity contribution in [2.45, 2.75) is 0 Å². The number of hydrogen-bond donors (Lipinski definition) is 3. The lowest BCUT2D eigenvalue weighted by atomic mass is 10.0. The monoisotopic (exact) mass is 404 g/mol. The summed E-state index contributed by atoms with van der Waals surface area (Å²) in [6.07, 6.45) is 8.49. The molecule has 7 heteroatoms. The van der Waals surface area contributed by atoms with Crippen molar-refractivity contribution in [1.82, 2.24) is 30.1 Å². The highest BCUT2D eigenvalue weighted by Crippen LogP contribution is 2.34. The Labute approximate surface area is 176 Å². The van der Waals surface area contributed by atoms with Crippen LogP contribution in [-0.2, 0) is 0 Å². The van der Waals surface area contributed by atoms with Crippen molar-refractivity contribution in [3.05, 3.63) is 79.5 Å². The molecule has 0 aliphatic rings. The first-order valence-electron chi connectivity index (χ1n) is 9.77. The Balaban J connectivity index is 1.51. The summed E-state index contributed by atoms with van der Waals surface area (Å²) in [5.41, 5.74) is 7.34. The fourth-order valence-electron chi connectivity index (χ4n) is 3.91. The number of H-pyrrole nitrogens is 2. The van der Waals surface area contributed by atoms with Crippen LogP contribution in [0, 0.1) is 0 Å². The van der Waals surface area contributed by atoms with Crippen molar-refractivity contribution < 1.29 is 5.11 Å². The van der Waals surface area contributed by atoms with Crippen LogP contribution < -0.4 is 0 Å². The van der Waals surface area contributed by atoms with Gasteiger partial charge in [-0.1, -0.05) is 6.07 Å². The topological polar surface area (TPSA) is 103 Å². The van der Waals surface area contributed by atoms with Crippen LogP contribution in [0.25, 0.3) is 55.6 Å². The van der Waals surface area contributed by atoms with Gasteiger partial charge in [0, 0.05) is 52.2 Å². The van der Waals surface area contributed by atoms with Gasteiger partial charge in [0.25, 0.3) is 0 Å². The number of rotatable bonds is 3. The molecule has 31 heavy (non-hydrogen) atoms. The Bertz CT molecular complexity index is 1550. The zero-order valence-electron chi connectivity index (χ0n) is 16.2. The third kappa shape index (κ3) is 2.91. The van der Waals surface area contributed by atoms with Crippen LogP contribution in [0.3, 0.4) is 0 Å². The molecule has 0 bridgehead atoms. The minimum absolute atomic E-state index is 0.136. The number of fused-ring (bicyclic) bond motifs is 2. The highest BCUT2D eigenvalue weighted by atomic mass is 16.3. The first-order chi connectivity index (χ1) is 15.3. The molecule has 7 nitrogen and oxygen atoms in total. The third-order valence-corrected chi connectivity index (χ3v) is 5.38. The van der Waals surface area contributed by atoms with Crippen LogP contribution in [-0.4, -0.2) is 35.2 Å². The van der Waals surface area contributed by atoms with Crippen molar-refractivity contribution >= 4 is 21.8 Å². The van der Waals surface area contributed by atoms with Crippen LogP contribution in [0.4, 0.5) is 0 Å². The molecule has 6 aromatic rings. The van der Waals surface area contributed by atoms with Gasteiger partial charge in [0.05, 0.1) is 23.1 Å². The van der Waals surface area contributed by atoms with E-state index in [-0.39, 0.29) is 5.75 Å². The van der Waals surface area contributed by atoms with E-state index in [0.717, 1.165) is 55.6 Å². The van der Waals surface area contributed by atoms with Gasteiger partial charge in [-0.15, -0.1) is 0 Å². The minimum atomic E-state index is 0.136. The Hall–Kier alpha value is -4.52. The highest BCUT2D eigenvalue weighted by Gasteiger charge is 2.15. The van der Waals surface area contributed by atoms with Crippen LogP contribution in [0.2, 0.25) is 0 Å². The number of aromatic amines is 2. The molecule has 0 aliphatic carbocycles. The van der Waals surface area contributed by atoms with E-state index in [4.69, 9.17) is 0 Å². The molecule has 0 amide bonds. The number of nitrogens with one attached hydrogen (secondary N) is 2. The molecule has 0 fully saturated rings. The number of hydrogen-bond acceptors (Lipinski definition) is 5. The van der Waals surface area contributed by atoms with Gasteiger partial charge in [-0.3, -0.25) is 20.1 Å². The lowest BCUT2D eigenvalue weighted by Gasteiger charge is -2.02. The van der Waals surface area contributed by atoms with Crippen molar-refractivity contribution in [1.29, 1.82) is 0 Å².